The number of carbonyl (C=O) groups is 1. The molecule has 0 saturated carbocycles. The van der Waals surface area contributed by atoms with Gasteiger partial charge in [-0.05, 0) is 36.2 Å². The summed E-state index contributed by atoms with van der Waals surface area (Å²) >= 11 is 0. The SMILES string of the molecule is CC(C)Cn1c(=O)c(N2CCN(C(=O)c3ccc4ncccc4c3)CC2)nc2ccncc21. The highest BCUT2D eigenvalue weighted by molar-refractivity contribution is 5.98. The highest BCUT2D eigenvalue weighted by Gasteiger charge is 2.25. The standard InChI is InChI=1S/C25H26N6O2/c1-17(2)16-31-22-15-26-9-7-21(22)28-23(25(31)33)29-10-12-30(13-11-29)24(32)19-5-6-20-18(14-19)4-3-8-27-20/h3-9,14-15,17H,10-13,16H2,1-2H3. The molecule has 1 fully saturated rings. The van der Waals surface area contributed by atoms with Gasteiger partial charge in [-0.3, -0.25) is 19.6 Å². The number of nitrogens with zero attached hydrogens (tertiary/aromatic N) is 6. The average Bonchev–Trinajstić information content (AvgIpc) is 2.85. The lowest BCUT2D eigenvalue weighted by Crippen LogP contribution is -2.50. The number of amides is 1. The summed E-state index contributed by atoms with van der Waals surface area (Å²) in [6.45, 7) is 6.95. The first kappa shape index (κ1) is 21.1. The zero-order chi connectivity index (χ0) is 22.9. The van der Waals surface area contributed by atoms with Crippen molar-refractivity contribution in [3.8, 4) is 0 Å². The van der Waals surface area contributed by atoms with E-state index in [0.717, 1.165) is 21.9 Å². The molecule has 8 heteroatoms. The number of aromatic nitrogens is 4. The Balaban J connectivity index is 1.38. The van der Waals surface area contributed by atoms with E-state index in [4.69, 9.17) is 0 Å². The zero-order valence-electron chi connectivity index (χ0n) is 18.8. The Morgan fingerprint density at radius 3 is 2.64 bits per heavy atom. The third-order valence-corrected chi connectivity index (χ3v) is 6.00. The van der Waals surface area contributed by atoms with Crippen LogP contribution in [-0.2, 0) is 6.54 Å². The van der Waals surface area contributed by atoms with Crippen LogP contribution in [0, 0.1) is 5.92 Å². The molecule has 4 aromatic rings. The molecule has 0 spiro atoms. The predicted molar refractivity (Wildman–Crippen MR) is 128 cm³/mol. The largest absolute Gasteiger partial charge is 0.348 e. The van der Waals surface area contributed by atoms with Crippen LogP contribution in [0.3, 0.4) is 0 Å². The van der Waals surface area contributed by atoms with Gasteiger partial charge in [-0.1, -0.05) is 19.9 Å². The van der Waals surface area contributed by atoms with Gasteiger partial charge in [0.2, 0.25) is 0 Å². The molecule has 0 N–H and O–H groups in total. The first-order chi connectivity index (χ1) is 16.0. The molecule has 5 rings (SSSR count). The first-order valence-corrected chi connectivity index (χ1v) is 11.2. The van der Waals surface area contributed by atoms with E-state index >= 15 is 0 Å². The van der Waals surface area contributed by atoms with Crippen LogP contribution in [0.5, 0.6) is 0 Å². The molecule has 0 aliphatic carbocycles. The molecule has 168 valence electrons. The molecule has 4 heterocycles. The third kappa shape index (κ3) is 4.04. The minimum Gasteiger partial charge on any atom is -0.348 e. The fourth-order valence-corrected chi connectivity index (χ4v) is 4.34. The summed E-state index contributed by atoms with van der Waals surface area (Å²) in [6, 6.07) is 11.3. The second-order valence-electron chi connectivity index (χ2n) is 8.80. The molecule has 0 atom stereocenters. The van der Waals surface area contributed by atoms with Crippen molar-refractivity contribution < 1.29 is 4.79 Å². The van der Waals surface area contributed by atoms with Gasteiger partial charge in [0.05, 0.1) is 22.7 Å². The van der Waals surface area contributed by atoms with E-state index in [1.807, 2.05) is 46.2 Å². The van der Waals surface area contributed by atoms with Gasteiger partial charge in [0.25, 0.3) is 11.5 Å². The molecule has 33 heavy (non-hydrogen) atoms. The van der Waals surface area contributed by atoms with Crippen molar-refractivity contribution in [3.63, 3.8) is 0 Å². The van der Waals surface area contributed by atoms with Crippen molar-refractivity contribution >= 4 is 33.7 Å². The lowest BCUT2D eigenvalue weighted by atomic mass is 10.1. The van der Waals surface area contributed by atoms with Crippen molar-refractivity contribution in [2.75, 3.05) is 31.1 Å². The normalized spacial score (nSPS) is 14.4. The van der Waals surface area contributed by atoms with Crippen LogP contribution in [0.1, 0.15) is 24.2 Å². The summed E-state index contributed by atoms with van der Waals surface area (Å²) in [5.74, 6) is 0.751. The summed E-state index contributed by atoms with van der Waals surface area (Å²) in [5.41, 5.74) is 2.92. The molecular weight excluding hydrogens is 416 g/mol. The van der Waals surface area contributed by atoms with Gasteiger partial charge < -0.3 is 14.4 Å². The Morgan fingerprint density at radius 1 is 1.03 bits per heavy atom. The van der Waals surface area contributed by atoms with Crippen LogP contribution in [0.2, 0.25) is 0 Å². The van der Waals surface area contributed by atoms with Gasteiger partial charge in [-0.2, -0.15) is 0 Å². The molecule has 0 radical (unpaired) electrons. The summed E-state index contributed by atoms with van der Waals surface area (Å²) in [4.78, 5) is 43.4. The first-order valence-electron chi connectivity index (χ1n) is 11.2. The number of fused-ring (bicyclic) bond motifs is 2. The fourth-order valence-electron chi connectivity index (χ4n) is 4.34. The zero-order valence-corrected chi connectivity index (χ0v) is 18.8. The third-order valence-electron chi connectivity index (χ3n) is 6.00. The minimum absolute atomic E-state index is 0.00448. The van der Waals surface area contributed by atoms with Gasteiger partial charge in [0.1, 0.15) is 0 Å². The summed E-state index contributed by atoms with van der Waals surface area (Å²) in [5, 5.41) is 0.947. The van der Waals surface area contributed by atoms with E-state index < -0.39 is 0 Å². The number of rotatable bonds is 4. The van der Waals surface area contributed by atoms with Crippen LogP contribution >= 0.6 is 0 Å². The fraction of sp³-hybridized carbons (Fsp3) is 0.320. The van der Waals surface area contributed by atoms with Crippen molar-refractivity contribution in [2.45, 2.75) is 20.4 Å². The molecule has 0 unspecified atom stereocenters. The average molecular weight is 443 g/mol. The summed E-state index contributed by atoms with van der Waals surface area (Å²) in [7, 11) is 0. The predicted octanol–water partition coefficient (Wildman–Crippen LogP) is 2.96. The van der Waals surface area contributed by atoms with Gasteiger partial charge in [-0.15, -0.1) is 0 Å². The number of anilines is 1. The Morgan fingerprint density at radius 2 is 1.85 bits per heavy atom. The maximum atomic E-state index is 13.3. The second-order valence-corrected chi connectivity index (χ2v) is 8.80. The maximum absolute atomic E-state index is 13.3. The number of pyridine rings is 2. The molecule has 1 amide bonds. The van der Waals surface area contributed by atoms with Gasteiger partial charge >= 0.3 is 0 Å². The lowest BCUT2D eigenvalue weighted by Gasteiger charge is -2.35. The van der Waals surface area contributed by atoms with E-state index in [1.54, 1.807) is 23.2 Å². The molecule has 1 aromatic carbocycles. The van der Waals surface area contributed by atoms with Crippen molar-refractivity contribution in [1.82, 2.24) is 24.4 Å². The van der Waals surface area contributed by atoms with Crippen molar-refractivity contribution in [1.29, 1.82) is 0 Å². The smallest absolute Gasteiger partial charge is 0.294 e. The Bertz CT molecular complexity index is 1390. The summed E-state index contributed by atoms with van der Waals surface area (Å²) < 4.78 is 1.77. The Hall–Kier alpha value is -3.81. The van der Waals surface area contributed by atoms with Crippen molar-refractivity contribution in [2.24, 2.45) is 5.92 Å². The van der Waals surface area contributed by atoms with Crippen LogP contribution in [0.4, 0.5) is 5.82 Å². The molecule has 1 aliphatic rings. The van der Waals surface area contributed by atoms with Crippen LogP contribution in [0.15, 0.2) is 59.8 Å². The molecular formula is C25H26N6O2. The van der Waals surface area contributed by atoms with Crippen molar-refractivity contribution in [3.05, 3.63) is 70.9 Å². The van der Waals surface area contributed by atoms with Gasteiger partial charge in [-0.25, -0.2) is 4.98 Å². The minimum atomic E-state index is -0.106. The summed E-state index contributed by atoms with van der Waals surface area (Å²) in [6.07, 6.45) is 5.14. The number of piperazine rings is 1. The van der Waals surface area contributed by atoms with E-state index in [2.05, 4.69) is 28.8 Å². The van der Waals surface area contributed by atoms with Crippen LogP contribution in [0.25, 0.3) is 21.9 Å². The van der Waals surface area contributed by atoms with E-state index in [-0.39, 0.29) is 11.5 Å². The Kier molecular flexibility index (Phi) is 5.50. The van der Waals surface area contributed by atoms with Crippen LogP contribution < -0.4 is 10.5 Å². The van der Waals surface area contributed by atoms with Gasteiger partial charge in [0, 0.05) is 56.1 Å². The number of carbonyl (C=O) groups excluding carboxylic acids is 1. The lowest BCUT2D eigenvalue weighted by molar-refractivity contribution is 0.0746. The highest BCUT2D eigenvalue weighted by Crippen LogP contribution is 2.19. The molecule has 3 aromatic heterocycles. The molecule has 8 nitrogen and oxygen atoms in total. The molecule has 0 bridgehead atoms. The molecule has 1 aliphatic heterocycles. The number of hydrogen-bond acceptors (Lipinski definition) is 6. The van der Waals surface area contributed by atoms with Crippen LogP contribution in [-0.4, -0.2) is 56.5 Å². The highest BCUT2D eigenvalue weighted by atomic mass is 16.2. The maximum Gasteiger partial charge on any atom is 0.294 e. The van der Waals surface area contributed by atoms with Gasteiger partial charge in [0.15, 0.2) is 5.82 Å². The Labute approximate surface area is 191 Å². The van der Waals surface area contributed by atoms with E-state index in [0.29, 0.717) is 50.0 Å². The second kappa shape index (κ2) is 8.61. The number of benzene rings is 1. The quantitative estimate of drug-likeness (QED) is 0.483. The van der Waals surface area contributed by atoms with E-state index in [1.165, 1.54) is 0 Å². The molecule has 1 saturated heterocycles. The number of hydrogen-bond donors (Lipinski definition) is 0. The topological polar surface area (TPSA) is 84.2 Å². The monoisotopic (exact) mass is 442 g/mol. The van der Waals surface area contributed by atoms with E-state index in [9.17, 15) is 9.59 Å².